The third-order valence-corrected chi connectivity index (χ3v) is 5.09. The maximum atomic E-state index is 13.1. The van der Waals surface area contributed by atoms with Crippen molar-refractivity contribution < 1.29 is 12.8 Å². The summed E-state index contributed by atoms with van der Waals surface area (Å²) >= 11 is 6.58. The fourth-order valence-corrected chi connectivity index (χ4v) is 3.84. The Morgan fingerprint density at radius 2 is 2.00 bits per heavy atom. The fraction of sp³-hybridized carbons (Fsp3) is 0. The summed E-state index contributed by atoms with van der Waals surface area (Å²) in [6.45, 7) is 0. The smallest absolute Gasteiger partial charge is 0.271 e. The van der Waals surface area contributed by atoms with E-state index >= 15 is 0 Å². The van der Waals surface area contributed by atoms with E-state index in [0.29, 0.717) is 4.34 Å². The molecule has 96 valence electrons. The van der Waals surface area contributed by atoms with Gasteiger partial charge in [-0.2, -0.15) is 0 Å². The number of hydrogen-bond donors (Lipinski definition) is 2. The first-order valence-corrected chi connectivity index (χ1v) is 7.39. The van der Waals surface area contributed by atoms with Crippen LogP contribution in [0.3, 0.4) is 0 Å². The zero-order valence-corrected chi connectivity index (χ0v) is 11.2. The van der Waals surface area contributed by atoms with Crippen LogP contribution in [0.5, 0.6) is 0 Å². The highest BCUT2D eigenvalue weighted by Gasteiger charge is 2.17. The van der Waals surface area contributed by atoms with Crippen LogP contribution in [0.1, 0.15) is 0 Å². The van der Waals surface area contributed by atoms with Crippen LogP contribution in [0.25, 0.3) is 0 Å². The van der Waals surface area contributed by atoms with Crippen LogP contribution in [0.2, 0.25) is 4.34 Å². The van der Waals surface area contributed by atoms with Gasteiger partial charge in [0, 0.05) is 5.69 Å². The maximum Gasteiger partial charge on any atom is 0.271 e. The van der Waals surface area contributed by atoms with Crippen molar-refractivity contribution in [2.45, 2.75) is 4.21 Å². The molecule has 0 aliphatic carbocycles. The molecule has 0 bridgehead atoms. The van der Waals surface area contributed by atoms with Crippen LogP contribution in [-0.2, 0) is 10.0 Å². The molecule has 2 aromatic rings. The molecule has 1 aromatic carbocycles. The molecule has 0 radical (unpaired) electrons. The number of thiophene rings is 1. The normalized spacial score (nSPS) is 11.4. The van der Waals surface area contributed by atoms with Crippen molar-refractivity contribution in [2.75, 3.05) is 10.5 Å². The van der Waals surface area contributed by atoms with Crippen molar-refractivity contribution in [3.63, 3.8) is 0 Å². The van der Waals surface area contributed by atoms with E-state index in [9.17, 15) is 12.8 Å². The van der Waals surface area contributed by atoms with Crippen LogP contribution >= 0.6 is 22.9 Å². The lowest BCUT2D eigenvalue weighted by Crippen LogP contribution is -2.11. The highest BCUT2D eigenvalue weighted by molar-refractivity contribution is 7.94. The van der Waals surface area contributed by atoms with Gasteiger partial charge in [-0.25, -0.2) is 12.8 Å². The Bertz CT molecular complexity index is 665. The highest BCUT2D eigenvalue weighted by Crippen LogP contribution is 2.27. The lowest BCUT2D eigenvalue weighted by Gasteiger charge is -2.07. The van der Waals surface area contributed by atoms with Crippen molar-refractivity contribution in [2.24, 2.45) is 0 Å². The third kappa shape index (κ3) is 2.92. The molecular weight excluding hydrogens is 299 g/mol. The second-order valence-corrected chi connectivity index (χ2v) is 7.06. The predicted octanol–water partition coefficient (Wildman–Crippen LogP) is 2.92. The van der Waals surface area contributed by atoms with Gasteiger partial charge in [0.05, 0.1) is 10.0 Å². The highest BCUT2D eigenvalue weighted by atomic mass is 35.5. The van der Waals surface area contributed by atoms with Crippen molar-refractivity contribution in [1.82, 2.24) is 0 Å². The van der Waals surface area contributed by atoms with E-state index in [-0.39, 0.29) is 15.6 Å². The van der Waals surface area contributed by atoms with Gasteiger partial charge in [0.25, 0.3) is 10.0 Å². The van der Waals surface area contributed by atoms with E-state index in [1.165, 1.54) is 18.2 Å². The summed E-state index contributed by atoms with van der Waals surface area (Å²) in [5, 5.41) is 0. The number of sulfonamides is 1. The molecule has 0 spiro atoms. The number of rotatable bonds is 3. The Balaban J connectivity index is 2.33. The first-order valence-electron chi connectivity index (χ1n) is 4.71. The van der Waals surface area contributed by atoms with Gasteiger partial charge in [-0.3, -0.25) is 4.72 Å². The van der Waals surface area contributed by atoms with Crippen LogP contribution in [0.15, 0.2) is 34.5 Å². The van der Waals surface area contributed by atoms with Gasteiger partial charge in [-0.05, 0) is 30.3 Å². The molecule has 0 unspecified atom stereocenters. The lowest BCUT2D eigenvalue weighted by atomic mass is 10.3. The maximum absolute atomic E-state index is 13.1. The number of hydrogen-bond acceptors (Lipinski definition) is 4. The standard InChI is InChI=1S/C10H8ClFN2O2S2/c11-9-1-2-10(17-9)18(15,16)14-8-4-6(12)3-7(13)5-8/h1-5,14H,13H2. The summed E-state index contributed by atoms with van der Waals surface area (Å²) in [6, 6.07) is 6.32. The Kier molecular flexibility index (Phi) is 3.47. The monoisotopic (exact) mass is 306 g/mol. The topological polar surface area (TPSA) is 72.2 Å². The van der Waals surface area contributed by atoms with Crippen LogP contribution < -0.4 is 10.5 Å². The minimum Gasteiger partial charge on any atom is -0.399 e. The number of nitrogens with two attached hydrogens (primary N) is 1. The van der Waals surface area contributed by atoms with Gasteiger partial charge >= 0.3 is 0 Å². The lowest BCUT2D eigenvalue weighted by molar-refractivity contribution is 0.603. The van der Waals surface area contributed by atoms with Gasteiger partial charge in [-0.15, -0.1) is 11.3 Å². The summed E-state index contributed by atoms with van der Waals surface area (Å²) in [7, 11) is -3.76. The van der Waals surface area contributed by atoms with E-state index < -0.39 is 15.8 Å². The number of nitrogens with one attached hydrogen (secondary N) is 1. The molecule has 0 amide bonds. The number of halogens is 2. The van der Waals surface area contributed by atoms with Crippen LogP contribution in [-0.4, -0.2) is 8.42 Å². The Morgan fingerprint density at radius 1 is 1.28 bits per heavy atom. The zero-order valence-electron chi connectivity index (χ0n) is 8.85. The van der Waals surface area contributed by atoms with Gasteiger partial charge in [0.2, 0.25) is 0 Å². The molecule has 3 N–H and O–H groups in total. The average Bonchev–Trinajstić information content (AvgIpc) is 2.62. The summed E-state index contributed by atoms with van der Waals surface area (Å²) in [4.78, 5) is 0. The summed E-state index contributed by atoms with van der Waals surface area (Å²) in [5.74, 6) is -0.614. The third-order valence-electron chi connectivity index (χ3n) is 1.99. The van der Waals surface area contributed by atoms with E-state index in [4.69, 9.17) is 17.3 Å². The number of benzene rings is 1. The Morgan fingerprint density at radius 3 is 2.56 bits per heavy atom. The molecule has 2 rings (SSSR count). The average molecular weight is 307 g/mol. The van der Waals surface area contributed by atoms with Crippen molar-refractivity contribution in [3.8, 4) is 0 Å². The molecule has 0 aliphatic heterocycles. The SMILES string of the molecule is Nc1cc(F)cc(NS(=O)(=O)c2ccc(Cl)s2)c1. The number of anilines is 2. The Hall–Kier alpha value is -1.31. The zero-order chi connectivity index (χ0) is 13.3. The van der Waals surface area contributed by atoms with Gasteiger partial charge in [0.15, 0.2) is 0 Å². The van der Waals surface area contributed by atoms with Crippen molar-refractivity contribution in [1.29, 1.82) is 0 Å². The number of nitrogen functional groups attached to an aromatic ring is 1. The van der Waals surface area contributed by atoms with Gasteiger partial charge in [0.1, 0.15) is 10.0 Å². The molecule has 0 aliphatic rings. The molecule has 0 saturated carbocycles. The summed E-state index contributed by atoms with van der Waals surface area (Å²) < 4.78 is 39.5. The van der Waals surface area contributed by atoms with E-state index in [1.54, 1.807) is 0 Å². The molecule has 8 heteroatoms. The van der Waals surface area contributed by atoms with Crippen LogP contribution in [0.4, 0.5) is 15.8 Å². The Labute approximate surface area is 112 Å². The molecule has 1 heterocycles. The molecule has 0 fully saturated rings. The minimum atomic E-state index is -3.76. The fourth-order valence-electron chi connectivity index (χ4n) is 1.32. The van der Waals surface area contributed by atoms with Gasteiger partial charge < -0.3 is 5.73 Å². The molecule has 18 heavy (non-hydrogen) atoms. The van der Waals surface area contributed by atoms with E-state index in [0.717, 1.165) is 23.5 Å². The molecular formula is C10H8ClFN2O2S2. The van der Waals surface area contributed by atoms with Crippen molar-refractivity contribution >= 4 is 44.3 Å². The summed E-state index contributed by atoms with van der Waals surface area (Å²) in [5.41, 5.74) is 5.63. The largest absolute Gasteiger partial charge is 0.399 e. The quantitative estimate of drug-likeness (QED) is 0.856. The first kappa shape index (κ1) is 13.1. The van der Waals surface area contributed by atoms with Gasteiger partial charge in [-0.1, -0.05) is 11.6 Å². The molecule has 0 saturated heterocycles. The second kappa shape index (κ2) is 4.75. The predicted molar refractivity (Wildman–Crippen MR) is 70.9 cm³/mol. The molecule has 0 atom stereocenters. The minimum absolute atomic E-state index is 0.0512. The van der Waals surface area contributed by atoms with Crippen molar-refractivity contribution in [3.05, 3.63) is 40.5 Å². The molecule has 1 aromatic heterocycles. The second-order valence-electron chi connectivity index (χ2n) is 3.44. The molecule has 4 nitrogen and oxygen atoms in total. The van der Waals surface area contributed by atoms with E-state index in [2.05, 4.69) is 4.72 Å². The van der Waals surface area contributed by atoms with Crippen LogP contribution in [0, 0.1) is 5.82 Å². The summed E-state index contributed by atoms with van der Waals surface area (Å²) in [6.07, 6.45) is 0. The van der Waals surface area contributed by atoms with E-state index in [1.807, 2.05) is 0 Å². The first-order chi connectivity index (χ1) is 8.37.